The molecule has 0 aliphatic heterocycles. The van der Waals surface area contributed by atoms with Crippen molar-refractivity contribution in [3.05, 3.63) is 0 Å². The van der Waals surface area contributed by atoms with Gasteiger partial charge >= 0.3 is 11.9 Å². The lowest BCUT2D eigenvalue weighted by Crippen LogP contribution is -2.41. The SMILES string of the molecule is O=CCN(CCN(CC=O)CC(=O)O)CC(=O)O. The van der Waals surface area contributed by atoms with Crippen LogP contribution < -0.4 is 0 Å². The Kier molecular flexibility index (Phi) is 8.33. The maximum atomic E-state index is 10.5. The van der Waals surface area contributed by atoms with E-state index in [1.165, 1.54) is 9.80 Å². The number of carboxylic acid groups (broad SMARTS) is 2. The van der Waals surface area contributed by atoms with E-state index >= 15 is 0 Å². The molecule has 0 aliphatic carbocycles. The molecular formula is C10H16N2O6. The largest absolute Gasteiger partial charge is 0.480 e. The smallest absolute Gasteiger partial charge is 0.317 e. The first-order valence-electron chi connectivity index (χ1n) is 5.25. The number of hydrogen-bond acceptors (Lipinski definition) is 6. The van der Waals surface area contributed by atoms with Crippen molar-refractivity contribution in [2.24, 2.45) is 0 Å². The number of aliphatic carboxylic acids is 2. The lowest BCUT2D eigenvalue weighted by Gasteiger charge is -2.22. The molecule has 0 heterocycles. The van der Waals surface area contributed by atoms with Crippen LogP contribution in [0.3, 0.4) is 0 Å². The summed E-state index contributed by atoms with van der Waals surface area (Å²) in [6, 6.07) is 0. The minimum Gasteiger partial charge on any atom is -0.480 e. The summed E-state index contributed by atoms with van der Waals surface area (Å²) < 4.78 is 0. The highest BCUT2D eigenvalue weighted by Gasteiger charge is 2.13. The summed E-state index contributed by atoms with van der Waals surface area (Å²) in [5, 5.41) is 17.2. The van der Waals surface area contributed by atoms with E-state index in [9.17, 15) is 19.2 Å². The van der Waals surface area contributed by atoms with Gasteiger partial charge in [0.25, 0.3) is 0 Å². The van der Waals surface area contributed by atoms with Gasteiger partial charge in [0.15, 0.2) is 0 Å². The average molecular weight is 260 g/mol. The average Bonchev–Trinajstić information content (AvgIpc) is 2.24. The minimum atomic E-state index is -1.07. The summed E-state index contributed by atoms with van der Waals surface area (Å²) in [6.45, 7) is -0.303. The Labute approximate surface area is 104 Å². The predicted molar refractivity (Wildman–Crippen MR) is 60.3 cm³/mol. The van der Waals surface area contributed by atoms with E-state index < -0.39 is 11.9 Å². The number of carbonyl (C=O) groups is 4. The van der Waals surface area contributed by atoms with E-state index in [1.807, 2.05) is 0 Å². The van der Waals surface area contributed by atoms with Crippen LogP contribution in [-0.4, -0.2) is 83.8 Å². The normalized spacial score (nSPS) is 10.6. The fraction of sp³-hybridized carbons (Fsp3) is 0.600. The van der Waals surface area contributed by atoms with Gasteiger partial charge in [-0.2, -0.15) is 0 Å². The summed E-state index contributed by atoms with van der Waals surface area (Å²) in [7, 11) is 0. The monoisotopic (exact) mass is 260 g/mol. The van der Waals surface area contributed by atoms with Gasteiger partial charge in [0.2, 0.25) is 0 Å². The highest BCUT2D eigenvalue weighted by atomic mass is 16.4. The van der Waals surface area contributed by atoms with Crippen molar-refractivity contribution in [3.63, 3.8) is 0 Å². The lowest BCUT2D eigenvalue weighted by molar-refractivity contribution is -0.140. The Morgan fingerprint density at radius 2 is 1.17 bits per heavy atom. The lowest BCUT2D eigenvalue weighted by atomic mass is 10.4. The first-order valence-corrected chi connectivity index (χ1v) is 5.25. The molecule has 0 aromatic rings. The molecule has 0 atom stereocenters. The second-order valence-corrected chi connectivity index (χ2v) is 3.59. The molecule has 0 amide bonds. The summed E-state index contributed by atoms with van der Waals surface area (Å²) in [5.74, 6) is -2.14. The van der Waals surface area contributed by atoms with Crippen LogP contribution in [0.4, 0.5) is 0 Å². The molecule has 18 heavy (non-hydrogen) atoms. The molecule has 0 unspecified atom stereocenters. The third kappa shape index (κ3) is 8.36. The van der Waals surface area contributed by atoms with E-state index in [4.69, 9.17) is 10.2 Å². The Bertz CT molecular complexity index is 277. The van der Waals surface area contributed by atoms with Crippen molar-refractivity contribution in [1.82, 2.24) is 9.80 Å². The second-order valence-electron chi connectivity index (χ2n) is 3.59. The predicted octanol–water partition coefficient (Wildman–Crippen LogP) is -1.84. The van der Waals surface area contributed by atoms with Crippen LogP contribution in [0.5, 0.6) is 0 Å². The molecule has 0 aromatic heterocycles. The van der Waals surface area contributed by atoms with E-state index in [-0.39, 0.29) is 39.3 Å². The van der Waals surface area contributed by atoms with Crippen LogP contribution in [0, 0.1) is 0 Å². The van der Waals surface area contributed by atoms with Crippen LogP contribution in [0.1, 0.15) is 0 Å². The van der Waals surface area contributed by atoms with E-state index in [2.05, 4.69) is 0 Å². The van der Waals surface area contributed by atoms with E-state index in [0.717, 1.165) is 0 Å². The highest BCUT2D eigenvalue weighted by Crippen LogP contribution is 1.92. The van der Waals surface area contributed by atoms with Crippen molar-refractivity contribution in [2.45, 2.75) is 0 Å². The summed E-state index contributed by atoms with van der Waals surface area (Å²) in [6.07, 6.45) is 1.15. The molecule has 0 rings (SSSR count). The maximum Gasteiger partial charge on any atom is 0.317 e. The molecule has 0 aromatic carbocycles. The number of carbonyl (C=O) groups excluding carboxylic acids is 2. The molecule has 0 spiro atoms. The molecular weight excluding hydrogens is 244 g/mol. The quantitative estimate of drug-likeness (QED) is 0.416. The van der Waals surface area contributed by atoms with Crippen molar-refractivity contribution < 1.29 is 29.4 Å². The topological polar surface area (TPSA) is 115 Å². The number of hydrogen-bond donors (Lipinski definition) is 2. The van der Waals surface area contributed by atoms with Gasteiger partial charge in [-0.3, -0.25) is 19.4 Å². The van der Waals surface area contributed by atoms with Crippen molar-refractivity contribution in [3.8, 4) is 0 Å². The van der Waals surface area contributed by atoms with E-state index in [1.54, 1.807) is 0 Å². The molecule has 102 valence electrons. The Morgan fingerprint density at radius 3 is 1.39 bits per heavy atom. The molecule has 0 aliphatic rings. The first kappa shape index (κ1) is 16.2. The third-order valence-corrected chi connectivity index (χ3v) is 2.12. The van der Waals surface area contributed by atoms with Gasteiger partial charge < -0.3 is 19.8 Å². The number of rotatable bonds is 11. The van der Waals surface area contributed by atoms with Gasteiger partial charge in [0, 0.05) is 13.1 Å². The zero-order chi connectivity index (χ0) is 14.0. The van der Waals surface area contributed by atoms with Crippen LogP contribution in [0.15, 0.2) is 0 Å². The fourth-order valence-corrected chi connectivity index (χ4v) is 1.35. The number of carboxylic acids is 2. The minimum absolute atomic E-state index is 0.0473. The van der Waals surface area contributed by atoms with Crippen molar-refractivity contribution >= 4 is 24.5 Å². The molecule has 0 saturated heterocycles. The summed E-state index contributed by atoms with van der Waals surface area (Å²) >= 11 is 0. The van der Waals surface area contributed by atoms with Gasteiger partial charge in [-0.05, 0) is 0 Å². The molecule has 0 radical (unpaired) electrons. The molecule has 0 fully saturated rings. The van der Waals surface area contributed by atoms with Gasteiger partial charge in [-0.1, -0.05) is 0 Å². The zero-order valence-corrected chi connectivity index (χ0v) is 9.82. The summed E-state index contributed by atoms with van der Waals surface area (Å²) in [4.78, 5) is 44.4. The van der Waals surface area contributed by atoms with Gasteiger partial charge in [0.1, 0.15) is 12.6 Å². The molecule has 0 saturated carbocycles. The summed E-state index contributed by atoms with van der Waals surface area (Å²) in [5.41, 5.74) is 0. The Morgan fingerprint density at radius 1 is 0.833 bits per heavy atom. The highest BCUT2D eigenvalue weighted by molar-refractivity contribution is 5.70. The standard InChI is InChI=1S/C10H16N2O6/c13-5-3-11(7-9(15)16)1-2-12(4-6-14)8-10(17)18/h5-6H,1-4,7-8H2,(H,15,16)(H,17,18). The Balaban J connectivity index is 4.24. The third-order valence-electron chi connectivity index (χ3n) is 2.12. The van der Waals surface area contributed by atoms with Crippen LogP contribution >= 0.6 is 0 Å². The Hall–Kier alpha value is -1.80. The molecule has 0 bridgehead atoms. The fourth-order valence-electron chi connectivity index (χ4n) is 1.35. The van der Waals surface area contributed by atoms with Crippen LogP contribution in [0.2, 0.25) is 0 Å². The van der Waals surface area contributed by atoms with Gasteiger partial charge in [0.05, 0.1) is 26.2 Å². The first-order chi connectivity index (χ1) is 8.49. The molecule has 8 nitrogen and oxygen atoms in total. The van der Waals surface area contributed by atoms with Crippen LogP contribution in [0.25, 0.3) is 0 Å². The molecule has 8 heteroatoms. The van der Waals surface area contributed by atoms with Crippen LogP contribution in [-0.2, 0) is 19.2 Å². The second kappa shape index (κ2) is 9.25. The van der Waals surface area contributed by atoms with Crippen molar-refractivity contribution in [1.29, 1.82) is 0 Å². The molecule has 2 N–H and O–H groups in total. The maximum absolute atomic E-state index is 10.5. The number of aldehydes is 2. The van der Waals surface area contributed by atoms with Gasteiger partial charge in [-0.25, -0.2) is 0 Å². The zero-order valence-electron chi connectivity index (χ0n) is 9.82. The van der Waals surface area contributed by atoms with E-state index in [0.29, 0.717) is 12.6 Å². The van der Waals surface area contributed by atoms with Gasteiger partial charge in [-0.15, -0.1) is 0 Å². The number of nitrogens with zero attached hydrogens (tertiary/aromatic N) is 2. The van der Waals surface area contributed by atoms with Crippen molar-refractivity contribution in [2.75, 3.05) is 39.3 Å².